The van der Waals surface area contributed by atoms with E-state index in [4.69, 9.17) is 4.74 Å². The molecule has 0 saturated heterocycles. The predicted molar refractivity (Wildman–Crippen MR) is 301 cm³/mol. The Morgan fingerprint density at radius 1 is 0.406 bits per heavy atom. The van der Waals surface area contributed by atoms with Gasteiger partial charge in [0.1, 0.15) is 0 Å². The van der Waals surface area contributed by atoms with Crippen LogP contribution in [0.1, 0.15) is 316 Å². The van der Waals surface area contributed by atoms with Crippen molar-refractivity contribution in [2.24, 2.45) is 0 Å². The molecular formula is C63H117NO5. The van der Waals surface area contributed by atoms with Crippen molar-refractivity contribution in [1.29, 1.82) is 0 Å². The summed E-state index contributed by atoms with van der Waals surface area (Å²) in [4.78, 5) is 24.5. The number of carbonyl (C=O) groups excluding carboxylic acids is 2. The van der Waals surface area contributed by atoms with E-state index in [9.17, 15) is 19.8 Å². The van der Waals surface area contributed by atoms with Crippen LogP contribution in [0.2, 0.25) is 0 Å². The first kappa shape index (κ1) is 66.8. The van der Waals surface area contributed by atoms with E-state index < -0.39 is 12.1 Å². The lowest BCUT2D eigenvalue weighted by atomic mass is 10.0. The Bertz CT molecular complexity index is 1160. The summed E-state index contributed by atoms with van der Waals surface area (Å²) in [6.07, 6.45) is 74.3. The Morgan fingerprint density at radius 3 is 1.17 bits per heavy atom. The van der Waals surface area contributed by atoms with Crippen molar-refractivity contribution in [3.8, 4) is 0 Å². The lowest BCUT2D eigenvalue weighted by Gasteiger charge is -2.20. The minimum Gasteiger partial charge on any atom is -0.466 e. The summed E-state index contributed by atoms with van der Waals surface area (Å²) in [6, 6.07) is -0.632. The largest absolute Gasteiger partial charge is 0.466 e. The second-order valence-electron chi connectivity index (χ2n) is 20.7. The maximum atomic E-state index is 12.5. The van der Waals surface area contributed by atoms with Gasteiger partial charge in [-0.2, -0.15) is 0 Å². The van der Waals surface area contributed by atoms with Crippen LogP contribution in [0.25, 0.3) is 0 Å². The molecule has 404 valence electrons. The number of rotatable bonds is 56. The molecule has 0 rings (SSSR count). The molecule has 0 radical (unpaired) electrons. The molecule has 69 heavy (non-hydrogen) atoms. The molecular weight excluding hydrogens is 851 g/mol. The van der Waals surface area contributed by atoms with Gasteiger partial charge in [-0.05, 0) is 83.5 Å². The molecule has 0 aliphatic heterocycles. The molecule has 0 aromatic heterocycles. The van der Waals surface area contributed by atoms with Crippen LogP contribution in [0.3, 0.4) is 0 Å². The number of unbranched alkanes of at least 4 members (excludes halogenated alkanes) is 39. The molecule has 3 N–H and O–H groups in total. The summed E-state index contributed by atoms with van der Waals surface area (Å²) in [5, 5.41) is 23.1. The van der Waals surface area contributed by atoms with E-state index in [0.717, 1.165) is 51.4 Å². The highest BCUT2D eigenvalue weighted by Gasteiger charge is 2.18. The van der Waals surface area contributed by atoms with Gasteiger partial charge < -0.3 is 20.3 Å². The van der Waals surface area contributed by atoms with Crippen molar-refractivity contribution in [3.63, 3.8) is 0 Å². The van der Waals surface area contributed by atoms with Crippen LogP contribution in [0.4, 0.5) is 0 Å². The zero-order chi connectivity index (χ0) is 50.0. The average molecular weight is 969 g/mol. The van der Waals surface area contributed by atoms with E-state index >= 15 is 0 Å². The molecule has 0 aliphatic carbocycles. The van der Waals surface area contributed by atoms with Gasteiger partial charge in [-0.3, -0.25) is 9.59 Å². The number of aliphatic hydroxyl groups excluding tert-OH is 2. The third kappa shape index (κ3) is 55.0. The predicted octanol–water partition coefficient (Wildman–Crippen LogP) is 19.0. The number of carbonyl (C=O) groups is 2. The third-order valence-electron chi connectivity index (χ3n) is 13.8. The topological polar surface area (TPSA) is 95.9 Å². The van der Waals surface area contributed by atoms with Crippen molar-refractivity contribution in [3.05, 3.63) is 48.6 Å². The van der Waals surface area contributed by atoms with Crippen LogP contribution < -0.4 is 5.32 Å². The average Bonchev–Trinajstić information content (AvgIpc) is 3.35. The molecule has 0 spiro atoms. The lowest BCUT2D eigenvalue weighted by molar-refractivity contribution is -0.143. The Balaban J connectivity index is 3.44. The Morgan fingerprint density at radius 2 is 0.754 bits per heavy atom. The highest BCUT2D eigenvalue weighted by atomic mass is 16.5. The van der Waals surface area contributed by atoms with Crippen molar-refractivity contribution >= 4 is 11.9 Å². The first-order valence-electron chi connectivity index (χ1n) is 30.4. The fourth-order valence-electron chi connectivity index (χ4n) is 9.14. The molecule has 0 aromatic carbocycles. The second kappa shape index (κ2) is 58.4. The van der Waals surface area contributed by atoms with Gasteiger partial charge in [-0.1, -0.05) is 268 Å². The molecule has 6 nitrogen and oxygen atoms in total. The van der Waals surface area contributed by atoms with Crippen LogP contribution >= 0.6 is 0 Å². The van der Waals surface area contributed by atoms with E-state index in [0.29, 0.717) is 19.4 Å². The first-order valence-corrected chi connectivity index (χ1v) is 30.4. The first-order chi connectivity index (χ1) is 34.0. The Labute approximate surface area is 429 Å². The molecule has 0 saturated carbocycles. The van der Waals surface area contributed by atoms with Crippen LogP contribution in [0.15, 0.2) is 48.6 Å². The highest BCUT2D eigenvalue weighted by Crippen LogP contribution is 2.16. The number of allylic oxidation sites excluding steroid dienone is 7. The number of hydrogen-bond acceptors (Lipinski definition) is 5. The molecule has 0 bridgehead atoms. The van der Waals surface area contributed by atoms with Gasteiger partial charge in [0.05, 0.1) is 25.4 Å². The number of ether oxygens (including phenoxy) is 1. The van der Waals surface area contributed by atoms with E-state index in [2.05, 4.69) is 55.6 Å². The summed E-state index contributed by atoms with van der Waals surface area (Å²) in [7, 11) is 0. The minimum atomic E-state index is -0.848. The Hall–Kier alpha value is -2.18. The standard InChI is InChI=1S/C63H117NO5/c1-3-5-7-9-11-13-15-17-28-32-35-39-43-47-51-55-61(66)60(59-65)64-62(67)56-52-48-44-40-36-33-29-26-24-22-20-18-19-21-23-25-27-30-34-38-42-46-50-54-58-69-63(68)57-53-49-45-41-37-31-16-14-12-10-8-6-4-2/h8,10,14,16,20,22,51,55,60-61,65-66H,3-7,9,11-13,15,17-19,21,23-50,52-54,56-59H2,1-2H3,(H,64,67)/b10-8-,16-14-,22-20-,55-51+. The van der Waals surface area contributed by atoms with Gasteiger partial charge in [0.25, 0.3) is 0 Å². The summed E-state index contributed by atoms with van der Waals surface area (Å²) in [5.74, 6) is -0.0760. The SMILES string of the molecule is CCC/C=C\C/C=C\CCCCCCCC(=O)OCCCCCCCCCCCCCC/C=C\CCCCCCCCCCC(=O)NC(CO)C(O)/C=C/CCCCCCCCCCCCCCC. The lowest BCUT2D eigenvalue weighted by Crippen LogP contribution is -2.45. The van der Waals surface area contributed by atoms with Gasteiger partial charge in [-0.25, -0.2) is 0 Å². The molecule has 2 atom stereocenters. The van der Waals surface area contributed by atoms with Crippen LogP contribution in [-0.4, -0.2) is 47.4 Å². The number of aliphatic hydroxyl groups is 2. The number of esters is 1. The number of amides is 1. The summed E-state index contributed by atoms with van der Waals surface area (Å²) in [6.45, 7) is 4.84. The van der Waals surface area contributed by atoms with E-state index in [1.54, 1.807) is 6.08 Å². The van der Waals surface area contributed by atoms with Gasteiger partial charge in [0, 0.05) is 12.8 Å². The number of nitrogens with one attached hydrogen (secondary N) is 1. The minimum absolute atomic E-state index is 0.00378. The fraction of sp³-hybridized carbons (Fsp3) is 0.841. The summed E-state index contributed by atoms with van der Waals surface area (Å²) >= 11 is 0. The smallest absolute Gasteiger partial charge is 0.305 e. The van der Waals surface area contributed by atoms with Crippen LogP contribution in [0.5, 0.6) is 0 Å². The molecule has 1 amide bonds. The second-order valence-corrected chi connectivity index (χ2v) is 20.7. The van der Waals surface area contributed by atoms with Crippen molar-refractivity contribution in [1.82, 2.24) is 5.32 Å². The van der Waals surface area contributed by atoms with Gasteiger partial charge in [0.15, 0.2) is 0 Å². The molecule has 0 aliphatic rings. The summed E-state index contributed by atoms with van der Waals surface area (Å²) in [5.41, 5.74) is 0. The highest BCUT2D eigenvalue weighted by molar-refractivity contribution is 5.76. The number of hydrogen-bond donors (Lipinski definition) is 3. The molecule has 0 heterocycles. The molecule has 0 fully saturated rings. The normalized spacial score (nSPS) is 12.9. The molecule has 2 unspecified atom stereocenters. The fourth-order valence-corrected chi connectivity index (χ4v) is 9.14. The Kier molecular flexibility index (Phi) is 56.5. The zero-order valence-corrected chi connectivity index (χ0v) is 46.0. The monoisotopic (exact) mass is 968 g/mol. The van der Waals surface area contributed by atoms with Gasteiger partial charge in [0.2, 0.25) is 5.91 Å². The van der Waals surface area contributed by atoms with Crippen molar-refractivity contribution in [2.45, 2.75) is 328 Å². The maximum absolute atomic E-state index is 12.5. The maximum Gasteiger partial charge on any atom is 0.305 e. The van der Waals surface area contributed by atoms with Gasteiger partial charge in [-0.15, -0.1) is 0 Å². The van der Waals surface area contributed by atoms with E-state index in [-0.39, 0.29) is 18.5 Å². The molecule has 6 heteroatoms. The van der Waals surface area contributed by atoms with Gasteiger partial charge >= 0.3 is 5.97 Å². The summed E-state index contributed by atoms with van der Waals surface area (Å²) < 4.78 is 5.46. The van der Waals surface area contributed by atoms with Crippen LogP contribution in [0, 0.1) is 0 Å². The third-order valence-corrected chi connectivity index (χ3v) is 13.8. The van der Waals surface area contributed by atoms with Crippen LogP contribution in [-0.2, 0) is 14.3 Å². The quantitative estimate of drug-likeness (QED) is 0.0321. The zero-order valence-electron chi connectivity index (χ0n) is 46.0. The molecule has 0 aromatic rings. The van der Waals surface area contributed by atoms with Crippen molar-refractivity contribution < 1.29 is 24.5 Å². The van der Waals surface area contributed by atoms with Crippen molar-refractivity contribution in [2.75, 3.05) is 13.2 Å². The van der Waals surface area contributed by atoms with E-state index in [1.165, 1.54) is 238 Å². The van der Waals surface area contributed by atoms with E-state index in [1.807, 2.05) is 6.08 Å².